The van der Waals surface area contributed by atoms with E-state index in [1.54, 1.807) is 22.6 Å². The molecule has 1 aliphatic heterocycles. The summed E-state index contributed by atoms with van der Waals surface area (Å²) in [7, 11) is 3.61. The Bertz CT molecular complexity index is 1350. The van der Waals surface area contributed by atoms with Crippen molar-refractivity contribution in [3.05, 3.63) is 41.8 Å². The first-order valence-electron chi connectivity index (χ1n) is 10.2. The molecule has 0 radical (unpaired) electrons. The number of halogens is 1. The second-order valence-electron chi connectivity index (χ2n) is 8.10. The van der Waals surface area contributed by atoms with E-state index in [0.717, 1.165) is 36.2 Å². The molecule has 1 unspecified atom stereocenters. The number of aromatic nitrogens is 4. The summed E-state index contributed by atoms with van der Waals surface area (Å²) in [5.74, 6) is 0.119. The largest absolute Gasteiger partial charge is 0.369 e. The van der Waals surface area contributed by atoms with E-state index in [1.807, 2.05) is 19.2 Å². The van der Waals surface area contributed by atoms with Crippen molar-refractivity contribution in [2.45, 2.75) is 13.0 Å². The summed E-state index contributed by atoms with van der Waals surface area (Å²) in [6, 6.07) is 9.92. The average molecular weight is 418 g/mol. The molecule has 0 bridgehead atoms. The Kier molecular flexibility index (Phi) is 4.52. The van der Waals surface area contributed by atoms with Crippen LogP contribution in [-0.2, 0) is 14.1 Å². The normalized spacial score (nSPS) is 16.7. The smallest absolute Gasteiger partial charge is 0.161 e. The van der Waals surface area contributed by atoms with E-state index in [0.29, 0.717) is 34.0 Å². The number of aryl methyl sites for hydroxylation is 2. The minimum Gasteiger partial charge on any atom is -0.369 e. The van der Waals surface area contributed by atoms with Crippen LogP contribution in [0.5, 0.6) is 0 Å². The van der Waals surface area contributed by atoms with E-state index in [-0.39, 0.29) is 0 Å². The lowest BCUT2D eigenvalue weighted by Crippen LogP contribution is -2.49. The average Bonchev–Trinajstić information content (AvgIpc) is 3.27. The lowest BCUT2D eigenvalue weighted by atomic mass is 10.1. The van der Waals surface area contributed by atoms with Crippen LogP contribution in [0.15, 0.2) is 30.5 Å². The molecule has 2 N–H and O–H groups in total. The van der Waals surface area contributed by atoms with Gasteiger partial charge in [0.15, 0.2) is 11.6 Å². The highest BCUT2D eigenvalue weighted by Gasteiger charge is 2.21. The van der Waals surface area contributed by atoms with Crippen molar-refractivity contribution in [2.75, 3.05) is 29.9 Å². The van der Waals surface area contributed by atoms with E-state index >= 15 is 0 Å². The van der Waals surface area contributed by atoms with Crippen LogP contribution in [0.2, 0.25) is 0 Å². The predicted octanol–water partition coefficient (Wildman–Crippen LogP) is 3.01. The summed E-state index contributed by atoms with van der Waals surface area (Å²) in [6.07, 6.45) is 1.77. The minimum atomic E-state index is -0.406. The topological polar surface area (TPSA) is 86.7 Å². The van der Waals surface area contributed by atoms with Crippen molar-refractivity contribution in [1.82, 2.24) is 24.9 Å². The summed E-state index contributed by atoms with van der Waals surface area (Å²) in [4.78, 5) is 2.28. The zero-order valence-electron chi connectivity index (χ0n) is 17.6. The molecule has 1 atom stereocenters. The molecule has 9 heteroatoms. The highest BCUT2D eigenvalue weighted by Crippen LogP contribution is 2.33. The van der Waals surface area contributed by atoms with Crippen molar-refractivity contribution in [1.29, 1.82) is 5.26 Å². The number of rotatable bonds is 3. The Balaban J connectivity index is 1.58. The van der Waals surface area contributed by atoms with Crippen molar-refractivity contribution in [2.24, 2.45) is 14.1 Å². The summed E-state index contributed by atoms with van der Waals surface area (Å²) in [5, 5.41) is 26.7. The molecule has 4 aromatic rings. The van der Waals surface area contributed by atoms with Gasteiger partial charge in [0.25, 0.3) is 0 Å². The van der Waals surface area contributed by atoms with Gasteiger partial charge in [-0.1, -0.05) is 0 Å². The number of hydrogen-bond donors (Lipinski definition) is 2. The summed E-state index contributed by atoms with van der Waals surface area (Å²) in [5.41, 5.74) is 3.28. The van der Waals surface area contributed by atoms with Gasteiger partial charge in [-0.2, -0.15) is 15.5 Å². The first kappa shape index (κ1) is 19.3. The molecule has 2 aromatic heterocycles. The fraction of sp³-hybridized carbons (Fsp3) is 0.318. The van der Waals surface area contributed by atoms with Crippen molar-refractivity contribution < 1.29 is 4.39 Å². The first-order chi connectivity index (χ1) is 14.9. The van der Waals surface area contributed by atoms with Gasteiger partial charge >= 0.3 is 0 Å². The number of benzene rings is 2. The first-order valence-corrected chi connectivity index (χ1v) is 10.2. The van der Waals surface area contributed by atoms with Gasteiger partial charge in [0.2, 0.25) is 0 Å². The summed E-state index contributed by atoms with van der Waals surface area (Å²) in [6.45, 7) is 4.82. The Morgan fingerprint density at radius 1 is 1.23 bits per heavy atom. The maximum absolute atomic E-state index is 14.5. The van der Waals surface area contributed by atoms with E-state index in [9.17, 15) is 9.65 Å². The van der Waals surface area contributed by atoms with Crippen LogP contribution in [-0.4, -0.2) is 45.2 Å². The molecule has 0 amide bonds. The maximum Gasteiger partial charge on any atom is 0.161 e. The number of nitrogens with zero attached hydrogens (tertiary/aromatic N) is 6. The number of piperazine rings is 1. The fourth-order valence-electron chi connectivity index (χ4n) is 4.32. The van der Waals surface area contributed by atoms with Crippen LogP contribution in [0.3, 0.4) is 0 Å². The number of nitriles is 1. The quantitative estimate of drug-likeness (QED) is 0.532. The molecule has 31 heavy (non-hydrogen) atoms. The van der Waals surface area contributed by atoms with Crippen molar-refractivity contribution in [3.63, 3.8) is 0 Å². The molecular formula is C22H23FN8. The Morgan fingerprint density at radius 3 is 2.84 bits per heavy atom. The predicted molar refractivity (Wildman–Crippen MR) is 119 cm³/mol. The second kappa shape index (κ2) is 7.25. The number of anilines is 3. The van der Waals surface area contributed by atoms with Gasteiger partial charge in [0.1, 0.15) is 11.6 Å². The minimum absolute atomic E-state index is 0.325. The van der Waals surface area contributed by atoms with E-state index in [1.165, 1.54) is 6.07 Å². The lowest BCUT2D eigenvalue weighted by molar-refractivity contribution is 0.485. The lowest BCUT2D eigenvalue weighted by Gasteiger charge is -2.33. The Morgan fingerprint density at radius 2 is 2.06 bits per heavy atom. The highest BCUT2D eigenvalue weighted by atomic mass is 19.1. The monoisotopic (exact) mass is 418 g/mol. The molecule has 0 aliphatic carbocycles. The van der Waals surface area contributed by atoms with Gasteiger partial charge in [-0.25, -0.2) is 4.39 Å². The molecule has 5 rings (SSSR count). The van der Waals surface area contributed by atoms with E-state index < -0.39 is 5.82 Å². The number of nitrogens with one attached hydrogen (secondary N) is 2. The van der Waals surface area contributed by atoms with Crippen LogP contribution < -0.4 is 15.5 Å². The maximum atomic E-state index is 14.5. The highest BCUT2D eigenvalue weighted by molar-refractivity contribution is 5.99. The third-order valence-corrected chi connectivity index (χ3v) is 5.73. The Labute approximate surface area is 178 Å². The van der Waals surface area contributed by atoms with E-state index in [2.05, 4.69) is 44.8 Å². The molecule has 8 nitrogen and oxygen atoms in total. The fourth-order valence-corrected chi connectivity index (χ4v) is 4.32. The van der Waals surface area contributed by atoms with Crippen molar-refractivity contribution >= 4 is 39.0 Å². The molecule has 2 aromatic carbocycles. The van der Waals surface area contributed by atoms with Crippen LogP contribution in [0.4, 0.5) is 21.6 Å². The van der Waals surface area contributed by atoms with E-state index in [4.69, 9.17) is 0 Å². The van der Waals surface area contributed by atoms with Crippen LogP contribution in [0, 0.1) is 17.1 Å². The van der Waals surface area contributed by atoms with Gasteiger partial charge in [0, 0.05) is 62.7 Å². The van der Waals surface area contributed by atoms with Crippen LogP contribution >= 0.6 is 0 Å². The second-order valence-corrected chi connectivity index (χ2v) is 8.10. The molecule has 158 valence electrons. The summed E-state index contributed by atoms with van der Waals surface area (Å²) >= 11 is 0. The number of hydrogen-bond acceptors (Lipinski definition) is 6. The molecule has 1 fully saturated rings. The van der Waals surface area contributed by atoms with Gasteiger partial charge in [-0.3, -0.25) is 9.36 Å². The van der Waals surface area contributed by atoms with Crippen LogP contribution in [0.25, 0.3) is 21.8 Å². The molecule has 1 saturated heterocycles. The standard InChI is InChI=1S/C22H23FN8/c1-13-11-31(5-4-25-13)17-7-14(10-24)20-19(9-17)30(3)28-22(20)26-16-6-15-12-29(2)27-21(15)18(23)8-16/h6-9,12-13,25H,4-5,11H2,1-3H3,(H,26,28). The molecule has 0 saturated carbocycles. The zero-order chi connectivity index (χ0) is 21.7. The molecule has 3 heterocycles. The van der Waals surface area contributed by atoms with Crippen molar-refractivity contribution in [3.8, 4) is 6.07 Å². The Hall–Kier alpha value is -3.64. The zero-order valence-corrected chi connectivity index (χ0v) is 17.6. The number of fused-ring (bicyclic) bond motifs is 2. The third-order valence-electron chi connectivity index (χ3n) is 5.73. The van der Waals surface area contributed by atoms with Gasteiger partial charge in [-0.05, 0) is 31.2 Å². The summed E-state index contributed by atoms with van der Waals surface area (Å²) < 4.78 is 17.9. The van der Waals surface area contributed by atoms with Gasteiger partial charge < -0.3 is 15.5 Å². The molecule has 1 aliphatic rings. The van der Waals surface area contributed by atoms with Crippen LogP contribution in [0.1, 0.15) is 12.5 Å². The third kappa shape index (κ3) is 3.35. The van der Waals surface area contributed by atoms with Gasteiger partial charge in [0.05, 0.1) is 16.5 Å². The SMILES string of the molecule is CC1CN(c2cc(C#N)c3c(Nc4cc(F)c5nn(C)cc5c4)nn(C)c3c2)CCN1. The molecule has 0 spiro atoms. The molecular weight excluding hydrogens is 395 g/mol. The van der Waals surface area contributed by atoms with Gasteiger partial charge in [-0.15, -0.1) is 0 Å².